The van der Waals surface area contributed by atoms with E-state index in [0.717, 1.165) is 22.6 Å². The Morgan fingerprint density at radius 2 is 1.59 bits per heavy atom. The van der Waals surface area contributed by atoms with Crippen LogP contribution in [0.3, 0.4) is 0 Å². The Labute approximate surface area is 131 Å². The summed E-state index contributed by atoms with van der Waals surface area (Å²) in [7, 11) is -3.72. The van der Waals surface area contributed by atoms with E-state index >= 15 is 0 Å². The van der Waals surface area contributed by atoms with E-state index in [4.69, 9.17) is 5.14 Å². The zero-order valence-electron chi connectivity index (χ0n) is 11.3. The van der Waals surface area contributed by atoms with Gasteiger partial charge in [-0.3, -0.25) is 9.36 Å². The lowest BCUT2D eigenvalue weighted by Gasteiger charge is -2.08. The predicted octanol–water partition coefficient (Wildman–Crippen LogP) is 2.21. The van der Waals surface area contributed by atoms with E-state index in [1.807, 2.05) is 30.3 Å². The quantitative estimate of drug-likeness (QED) is 0.798. The molecule has 0 fully saturated rings. The van der Waals surface area contributed by atoms with Crippen LogP contribution in [0, 0.1) is 0 Å². The first-order valence-electron chi connectivity index (χ1n) is 6.36. The van der Waals surface area contributed by atoms with Gasteiger partial charge in [-0.2, -0.15) is 0 Å². The molecule has 0 amide bonds. The zero-order valence-corrected chi connectivity index (χ0v) is 13.0. The van der Waals surface area contributed by atoms with Crippen molar-refractivity contribution in [3.63, 3.8) is 0 Å². The van der Waals surface area contributed by atoms with E-state index < -0.39 is 10.0 Å². The molecule has 0 bridgehead atoms. The molecule has 0 unspecified atom stereocenters. The van der Waals surface area contributed by atoms with Crippen molar-refractivity contribution in [3.8, 4) is 16.9 Å². The van der Waals surface area contributed by atoms with Crippen molar-refractivity contribution in [3.05, 3.63) is 69.6 Å². The Bertz CT molecular complexity index is 956. The molecule has 5 nitrogen and oxygen atoms in total. The summed E-state index contributed by atoms with van der Waals surface area (Å²) in [6.07, 6.45) is 0. The first kappa shape index (κ1) is 14.7. The molecule has 0 spiro atoms. The number of para-hydroxylation sites is 1. The van der Waals surface area contributed by atoms with Crippen LogP contribution in [0.1, 0.15) is 0 Å². The van der Waals surface area contributed by atoms with Crippen LogP contribution in [0.4, 0.5) is 0 Å². The number of benzene rings is 2. The number of aromatic nitrogens is 1. The minimum Gasteiger partial charge on any atom is -0.267 e. The van der Waals surface area contributed by atoms with Gasteiger partial charge in [-0.25, -0.2) is 13.6 Å². The average Bonchev–Trinajstić information content (AvgIpc) is 2.89. The van der Waals surface area contributed by atoms with Gasteiger partial charge in [-0.1, -0.05) is 41.7 Å². The highest BCUT2D eigenvalue weighted by molar-refractivity contribution is 7.89. The second-order valence-electron chi connectivity index (χ2n) is 4.63. The van der Waals surface area contributed by atoms with Crippen molar-refractivity contribution in [2.24, 2.45) is 5.14 Å². The zero-order chi connectivity index (χ0) is 15.7. The van der Waals surface area contributed by atoms with Gasteiger partial charge in [0.15, 0.2) is 0 Å². The largest absolute Gasteiger partial charge is 0.312 e. The molecule has 3 rings (SSSR count). The molecule has 2 aromatic carbocycles. The Kier molecular flexibility index (Phi) is 3.69. The maximum Gasteiger partial charge on any atom is 0.312 e. The lowest BCUT2D eigenvalue weighted by molar-refractivity contribution is 0.598. The number of nitrogens with zero attached hydrogens (tertiary/aromatic N) is 1. The van der Waals surface area contributed by atoms with E-state index in [1.54, 1.807) is 22.1 Å². The van der Waals surface area contributed by atoms with Gasteiger partial charge in [0.1, 0.15) is 0 Å². The number of nitrogens with two attached hydrogens (primary N) is 1. The molecule has 0 aliphatic rings. The fourth-order valence-electron chi connectivity index (χ4n) is 2.14. The van der Waals surface area contributed by atoms with Crippen LogP contribution in [0.2, 0.25) is 0 Å². The van der Waals surface area contributed by atoms with Crippen LogP contribution in [0.15, 0.2) is 69.7 Å². The molecule has 0 aliphatic carbocycles. The third-order valence-electron chi connectivity index (χ3n) is 3.19. The van der Waals surface area contributed by atoms with E-state index in [2.05, 4.69) is 0 Å². The Morgan fingerprint density at radius 3 is 2.18 bits per heavy atom. The Hall–Kier alpha value is -2.22. The van der Waals surface area contributed by atoms with Crippen LogP contribution in [-0.2, 0) is 10.0 Å². The van der Waals surface area contributed by atoms with E-state index in [0.29, 0.717) is 5.69 Å². The van der Waals surface area contributed by atoms with Crippen molar-refractivity contribution in [2.75, 3.05) is 0 Å². The summed E-state index contributed by atoms with van der Waals surface area (Å²) >= 11 is 1.09. The fraction of sp³-hybridized carbons (Fsp3) is 0. The molecule has 0 radical (unpaired) electrons. The number of rotatable bonds is 3. The highest BCUT2D eigenvalue weighted by Gasteiger charge is 2.12. The van der Waals surface area contributed by atoms with E-state index in [1.165, 1.54) is 12.1 Å². The summed E-state index contributed by atoms with van der Waals surface area (Å²) in [6.45, 7) is 0. The third kappa shape index (κ3) is 2.74. The second kappa shape index (κ2) is 5.53. The lowest BCUT2D eigenvalue weighted by Crippen LogP contribution is -2.13. The highest BCUT2D eigenvalue weighted by Crippen LogP contribution is 2.24. The molecule has 1 heterocycles. The summed E-state index contributed by atoms with van der Waals surface area (Å²) in [5, 5.41) is 6.84. The van der Waals surface area contributed by atoms with Crippen molar-refractivity contribution >= 4 is 21.4 Å². The first-order chi connectivity index (χ1) is 10.5. The lowest BCUT2D eigenvalue weighted by atomic mass is 10.1. The van der Waals surface area contributed by atoms with Gasteiger partial charge in [0.25, 0.3) is 0 Å². The Morgan fingerprint density at radius 1 is 0.955 bits per heavy atom. The molecule has 0 aliphatic heterocycles. The topological polar surface area (TPSA) is 82.2 Å². The molecule has 2 N–H and O–H groups in total. The minimum absolute atomic E-state index is 0.0417. The van der Waals surface area contributed by atoms with Gasteiger partial charge in [0.2, 0.25) is 10.0 Å². The average molecular weight is 332 g/mol. The van der Waals surface area contributed by atoms with Crippen LogP contribution < -0.4 is 10.0 Å². The summed E-state index contributed by atoms with van der Waals surface area (Å²) < 4.78 is 24.2. The van der Waals surface area contributed by atoms with Crippen LogP contribution in [0.25, 0.3) is 16.9 Å². The fourth-order valence-corrected chi connectivity index (χ4v) is 3.42. The van der Waals surface area contributed by atoms with Crippen LogP contribution in [-0.4, -0.2) is 13.0 Å². The summed E-state index contributed by atoms with van der Waals surface area (Å²) in [5.41, 5.74) is 2.22. The maximum atomic E-state index is 12.1. The monoisotopic (exact) mass is 332 g/mol. The molecule has 0 saturated carbocycles. The number of primary sulfonamides is 1. The SMILES string of the molecule is NS(=O)(=O)c1ccc(-c2csc(=O)n2-c2ccccc2)cc1. The molecule has 1 aromatic heterocycles. The minimum atomic E-state index is -3.72. The highest BCUT2D eigenvalue weighted by atomic mass is 32.2. The van der Waals surface area contributed by atoms with E-state index in [9.17, 15) is 13.2 Å². The molecule has 112 valence electrons. The normalized spacial score (nSPS) is 11.5. The van der Waals surface area contributed by atoms with Crippen molar-refractivity contribution in [2.45, 2.75) is 4.90 Å². The molecular weight excluding hydrogens is 320 g/mol. The van der Waals surface area contributed by atoms with Crippen LogP contribution in [0.5, 0.6) is 0 Å². The molecule has 3 aromatic rings. The standard InChI is InChI=1S/C15H12N2O3S2/c16-22(19,20)13-8-6-11(7-9-13)14-10-21-15(18)17(14)12-4-2-1-3-5-12/h1-10H,(H2,16,19,20). The molecule has 22 heavy (non-hydrogen) atoms. The summed E-state index contributed by atoms with van der Waals surface area (Å²) in [4.78, 5) is 12.0. The maximum absolute atomic E-state index is 12.1. The van der Waals surface area contributed by atoms with Gasteiger partial charge < -0.3 is 0 Å². The smallest absolute Gasteiger partial charge is 0.267 e. The van der Waals surface area contributed by atoms with Crippen molar-refractivity contribution in [1.82, 2.24) is 4.57 Å². The predicted molar refractivity (Wildman–Crippen MR) is 86.7 cm³/mol. The first-order valence-corrected chi connectivity index (χ1v) is 8.78. The van der Waals surface area contributed by atoms with Crippen molar-refractivity contribution < 1.29 is 8.42 Å². The number of sulfonamides is 1. The van der Waals surface area contributed by atoms with Gasteiger partial charge in [0.05, 0.1) is 16.3 Å². The number of hydrogen-bond donors (Lipinski definition) is 1. The number of thiazole rings is 1. The molecule has 7 heteroatoms. The van der Waals surface area contributed by atoms with Crippen molar-refractivity contribution in [1.29, 1.82) is 0 Å². The van der Waals surface area contributed by atoms with Crippen LogP contribution >= 0.6 is 11.3 Å². The van der Waals surface area contributed by atoms with E-state index in [-0.39, 0.29) is 9.77 Å². The molecule has 0 saturated heterocycles. The summed E-state index contributed by atoms with van der Waals surface area (Å²) in [6, 6.07) is 15.4. The van der Waals surface area contributed by atoms with Gasteiger partial charge in [-0.05, 0) is 29.8 Å². The van der Waals surface area contributed by atoms with Gasteiger partial charge in [-0.15, -0.1) is 0 Å². The van der Waals surface area contributed by atoms with Gasteiger partial charge in [0, 0.05) is 5.38 Å². The third-order valence-corrected chi connectivity index (χ3v) is 4.84. The van der Waals surface area contributed by atoms with Gasteiger partial charge >= 0.3 is 4.87 Å². The second-order valence-corrected chi connectivity index (χ2v) is 7.01. The molecule has 0 atom stereocenters. The number of hydrogen-bond acceptors (Lipinski definition) is 4. The summed E-state index contributed by atoms with van der Waals surface area (Å²) in [5.74, 6) is 0. The molecular formula is C15H12N2O3S2. The Balaban J connectivity index is 2.13.